The van der Waals surface area contributed by atoms with Crippen molar-refractivity contribution in [1.29, 1.82) is 0 Å². The van der Waals surface area contributed by atoms with Gasteiger partial charge in [-0.15, -0.1) is 0 Å². The summed E-state index contributed by atoms with van der Waals surface area (Å²) < 4.78 is 0. The number of rotatable bonds is 1. The van der Waals surface area contributed by atoms with E-state index in [0.717, 1.165) is 5.69 Å². The molecule has 0 aliphatic carbocycles. The van der Waals surface area contributed by atoms with E-state index in [9.17, 15) is 4.79 Å². The third-order valence-corrected chi connectivity index (χ3v) is 3.49. The predicted molar refractivity (Wildman–Crippen MR) is 74.0 cm³/mol. The van der Waals surface area contributed by atoms with Crippen LogP contribution in [0.3, 0.4) is 0 Å². The minimum absolute atomic E-state index is 0.00333. The van der Waals surface area contributed by atoms with E-state index in [1.807, 2.05) is 24.0 Å². The number of benzene rings is 1. The number of fused-ring (bicyclic) bond motifs is 1. The zero-order chi connectivity index (χ0) is 13.4. The number of carbonyl (C=O) groups excluding carboxylic acids is 1. The lowest BCUT2D eigenvalue weighted by Gasteiger charge is -2.15. The van der Waals surface area contributed by atoms with Crippen LogP contribution in [0.15, 0.2) is 36.4 Å². The molecule has 0 unspecified atom stereocenters. The molecule has 0 atom stereocenters. The Kier molecular flexibility index (Phi) is 2.99. The maximum absolute atomic E-state index is 12.5. The third-order valence-electron chi connectivity index (χ3n) is 3.30. The molecule has 3 rings (SSSR count). The van der Waals surface area contributed by atoms with Crippen molar-refractivity contribution < 1.29 is 4.79 Å². The van der Waals surface area contributed by atoms with Gasteiger partial charge in [0.1, 0.15) is 5.15 Å². The molecule has 0 radical (unpaired) electrons. The first-order valence-electron chi connectivity index (χ1n) is 6.14. The molecule has 0 saturated carbocycles. The van der Waals surface area contributed by atoms with Gasteiger partial charge in [0, 0.05) is 24.3 Å². The third kappa shape index (κ3) is 2.34. The van der Waals surface area contributed by atoms with E-state index < -0.39 is 0 Å². The fourth-order valence-electron chi connectivity index (χ4n) is 2.41. The summed E-state index contributed by atoms with van der Waals surface area (Å²) in [6, 6.07) is 11.5. The molecule has 1 aromatic heterocycles. The lowest BCUT2D eigenvalue weighted by molar-refractivity contribution is 0.0751. The van der Waals surface area contributed by atoms with Gasteiger partial charge in [-0.3, -0.25) is 4.79 Å². The number of nitrogens with zero attached hydrogens (tertiary/aromatic N) is 2. The highest BCUT2D eigenvalue weighted by atomic mass is 35.5. The van der Waals surface area contributed by atoms with Crippen molar-refractivity contribution in [2.24, 2.45) is 0 Å². The lowest BCUT2D eigenvalue weighted by Crippen LogP contribution is -2.25. The van der Waals surface area contributed by atoms with Gasteiger partial charge in [-0.05, 0) is 30.2 Å². The summed E-state index contributed by atoms with van der Waals surface area (Å²) in [5.41, 5.74) is 3.79. The number of aryl methyl sites for hydroxylation is 1. The fourth-order valence-corrected chi connectivity index (χ4v) is 2.66. The topological polar surface area (TPSA) is 33.2 Å². The molecule has 0 bridgehead atoms. The Hall–Kier alpha value is -1.87. The molecule has 2 heterocycles. The van der Waals surface area contributed by atoms with E-state index in [0.29, 0.717) is 23.8 Å². The molecule has 2 aromatic rings. The molecule has 1 aromatic carbocycles. The Labute approximate surface area is 116 Å². The summed E-state index contributed by atoms with van der Waals surface area (Å²) in [7, 11) is 0. The van der Waals surface area contributed by atoms with E-state index in [2.05, 4.69) is 17.1 Å². The minimum Gasteiger partial charge on any atom is -0.330 e. The van der Waals surface area contributed by atoms with Crippen molar-refractivity contribution in [3.8, 4) is 0 Å². The highest BCUT2D eigenvalue weighted by molar-refractivity contribution is 6.29. The van der Waals surface area contributed by atoms with Gasteiger partial charge in [-0.25, -0.2) is 4.98 Å². The van der Waals surface area contributed by atoms with E-state index >= 15 is 0 Å². The van der Waals surface area contributed by atoms with Gasteiger partial charge in [0.2, 0.25) is 0 Å². The summed E-state index contributed by atoms with van der Waals surface area (Å²) >= 11 is 5.91. The van der Waals surface area contributed by atoms with Crippen LogP contribution in [-0.4, -0.2) is 15.8 Å². The van der Waals surface area contributed by atoms with Crippen molar-refractivity contribution in [3.63, 3.8) is 0 Å². The summed E-state index contributed by atoms with van der Waals surface area (Å²) in [4.78, 5) is 18.4. The SMILES string of the molecule is Cc1cc(C(=O)N2Cc3ccccc3C2)cc(Cl)n1. The molecule has 4 heteroatoms. The quantitative estimate of drug-likeness (QED) is 0.747. The first-order valence-corrected chi connectivity index (χ1v) is 6.51. The maximum atomic E-state index is 12.5. The number of halogens is 1. The Balaban J connectivity index is 1.87. The van der Waals surface area contributed by atoms with Crippen LogP contribution in [0.25, 0.3) is 0 Å². The maximum Gasteiger partial charge on any atom is 0.254 e. The molecule has 19 heavy (non-hydrogen) atoms. The number of aromatic nitrogens is 1. The van der Waals surface area contributed by atoms with Gasteiger partial charge in [-0.1, -0.05) is 35.9 Å². The number of hydrogen-bond donors (Lipinski definition) is 0. The second-order valence-electron chi connectivity index (χ2n) is 4.75. The average molecular weight is 273 g/mol. The van der Waals surface area contributed by atoms with E-state index in [1.54, 1.807) is 12.1 Å². The number of carbonyl (C=O) groups is 1. The van der Waals surface area contributed by atoms with Gasteiger partial charge < -0.3 is 4.90 Å². The zero-order valence-electron chi connectivity index (χ0n) is 10.6. The number of amides is 1. The van der Waals surface area contributed by atoms with Crippen LogP contribution in [-0.2, 0) is 13.1 Å². The molecular formula is C15H13ClN2O. The molecule has 1 amide bonds. The molecule has 96 valence electrons. The zero-order valence-corrected chi connectivity index (χ0v) is 11.3. The number of pyridine rings is 1. The minimum atomic E-state index is 0.00333. The van der Waals surface area contributed by atoms with E-state index in [1.165, 1.54) is 11.1 Å². The summed E-state index contributed by atoms with van der Waals surface area (Å²) in [6.45, 7) is 3.16. The highest BCUT2D eigenvalue weighted by Gasteiger charge is 2.24. The van der Waals surface area contributed by atoms with Crippen LogP contribution in [0.4, 0.5) is 0 Å². The van der Waals surface area contributed by atoms with Gasteiger partial charge >= 0.3 is 0 Å². The average Bonchev–Trinajstić information content (AvgIpc) is 2.80. The molecule has 0 N–H and O–H groups in total. The van der Waals surface area contributed by atoms with Gasteiger partial charge in [0.05, 0.1) is 0 Å². The molecule has 0 fully saturated rings. The van der Waals surface area contributed by atoms with E-state index in [-0.39, 0.29) is 5.91 Å². The van der Waals surface area contributed by atoms with Gasteiger partial charge in [-0.2, -0.15) is 0 Å². The molecule has 0 spiro atoms. The molecule has 1 aliphatic rings. The normalized spacial score (nSPS) is 13.5. The van der Waals surface area contributed by atoms with Crippen molar-refractivity contribution in [1.82, 2.24) is 9.88 Å². The van der Waals surface area contributed by atoms with Gasteiger partial charge in [0.15, 0.2) is 0 Å². The van der Waals surface area contributed by atoms with Crippen molar-refractivity contribution in [3.05, 3.63) is 63.9 Å². The van der Waals surface area contributed by atoms with Crippen LogP contribution in [0.1, 0.15) is 27.2 Å². The van der Waals surface area contributed by atoms with Crippen LogP contribution < -0.4 is 0 Å². The van der Waals surface area contributed by atoms with Crippen molar-refractivity contribution >= 4 is 17.5 Å². The molecule has 1 aliphatic heterocycles. The first kappa shape index (κ1) is 12.2. The Morgan fingerprint density at radius 1 is 1.21 bits per heavy atom. The van der Waals surface area contributed by atoms with Crippen LogP contribution >= 0.6 is 11.6 Å². The van der Waals surface area contributed by atoms with Gasteiger partial charge in [0.25, 0.3) is 5.91 Å². The summed E-state index contributed by atoms with van der Waals surface area (Å²) in [5, 5.41) is 0.361. The lowest BCUT2D eigenvalue weighted by atomic mass is 10.1. The van der Waals surface area contributed by atoms with Crippen molar-refractivity contribution in [2.45, 2.75) is 20.0 Å². The second kappa shape index (κ2) is 4.67. The molecular weight excluding hydrogens is 260 g/mol. The smallest absolute Gasteiger partial charge is 0.254 e. The fraction of sp³-hybridized carbons (Fsp3) is 0.200. The summed E-state index contributed by atoms with van der Waals surface area (Å²) in [5.74, 6) is 0.00333. The second-order valence-corrected chi connectivity index (χ2v) is 5.14. The molecule has 3 nitrogen and oxygen atoms in total. The Morgan fingerprint density at radius 3 is 2.42 bits per heavy atom. The predicted octanol–water partition coefficient (Wildman–Crippen LogP) is 3.20. The first-order chi connectivity index (χ1) is 9.13. The van der Waals surface area contributed by atoms with Crippen LogP contribution in [0.2, 0.25) is 5.15 Å². The summed E-state index contributed by atoms with van der Waals surface area (Å²) in [6.07, 6.45) is 0. The largest absolute Gasteiger partial charge is 0.330 e. The number of hydrogen-bond acceptors (Lipinski definition) is 2. The standard InChI is InChI=1S/C15H13ClN2O/c1-10-6-13(7-14(16)17-10)15(19)18-8-11-4-2-3-5-12(11)9-18/h2-7H,8-9H2,1H3. The molecule has 0 saturated heterocycles. The van der Waals surface area contributed by atoms with E-state index in [4.69, 9.17) is 11.6 Å². The Morgan fingerprint density at radius 2 is 1.84 bits per heavy atom. The van der Waals surface area contributed by atoms with Crippen LogP contribution in [0, 0.1) is 6.92 Å². The van der Waals surface area contributed by atoms with Crippen LogP contribution in [0.5, 0.6) is 0 Å². The monoisotopic (exact) mass is 272 g/mol. The Bertz CT molecular complexity index is 609. The highest BCUT2D eigenvalue weighted by Crippen LogP contribution is 2.24. The van der Waals surface area contributed by atoms with Crippen molar-refractivity contribution in [2.75, 3.05) is 0 Å².